The van der Waals surface area contributed by atoms with Gasteiger partial charge in [0.25, 0.3) is 0 Å². The average molecular weight is 450 g/mol. The summed E-state index contributed by atoms with van der Waals surface area (Å²) in [5.41, 5.74) is 2.28. The monoisotopic (exact) mass is 449 g/mol. The fraction of sp³-hybridized carbons (Fsp3) is 0.269. The van der Waals surface area contributed by atoms with E-state index in [-0.39, 0.29) is 18.8 Å². The van der Waals surface area contributed by atoms with Gasteiger partial charge in [0.2, 0.25) is 5.89 Å². The molecule has 0 aliphatic carbocycles. The molecule has 0 unspecified atom stereocenters. The summed E-state index contributed by atoms with van der Waals surface area (Å²) in [6.45, 7) is 6.00. The number of aromatic nitrogens is 1. The third-order valence-corrected chi connectivity index (χ3v) is 4.70. The molecular formula is C26H27NO6. The van der Waals surface area contributed by atoms with Gasteiger partial charge in [0.05, 0.1) is 25.5 Å². The third kappa shape index (κ3) is 6.55. The van der Waals surface area contributed by atoms with Crippen molar-refractivity contribution in [1.82, 2.24) is 4.98 Å². The molecule has 0 atom stereocenters. The second kappa shape index (κ2) is 11.7. The molecule has 1 heterocycles. The van der Waals surface area contributed by atoms with Crippen molar-refractivity contribution in [2.45, 2.75) is 27.2 Å². The van der Waals surface area contributed by atoms with Gasteiger partial charge in [0.1, 0.15) is 17.1 Å². The van der Waals surface area contributed by atoms with E-state index >= 15 is 0 Å². The highest BCUT2D eigenvalue weighted by Gasteiger charge is 2.21. The van der Waals surface area contributed by atoms with E-state index in [0.717, 1.165) is 17.0 Å². The minimum absolute atomic E-state index is 0.150. The van der Waals surface area contributed by atoms with Gasteiger partial charge >= 0.3 is 11.9 Å². The first-order chi connectivity index (χ1) is 16.0. The first-order valence-corrected chi connectivity index (χ1v) is 10.8. The van der Waals surface area contributed by atoms with Crippen LogP contribution in [-0.4, -0.2) is 36.7 Å². The van der Waals surface area contributed by atoms with E-state index in [1.54, 1.807) is 38.1 Å². The van der Waals surface area contributed by atoms with Crippen LogP contribution in [0.3, 0.4) is 0 Å². The Kier molecular flexibility index (Phi) is 8.41. The highest BCUT2D eigenvalue weighted by molar-refractivity contribution is 6.17. The van der Waals surface area contributed by atoms with Gasteiger partial charge in [-0.15, -0.1) is 0 Å². The molecule has 3 aromatic rings. The van der Waals surface area contributed by atoms with Gasteiger partial charge < -0.3 is 18.6 Å². The van der Waals surface area contributed by atoms with Gasteiger partial charge in [0, 0.05) is 12.0 Å². The molecule has 0 spiro atoms. The summed E-state index contributed by atoms with van der Waals surface area (Å²) in [4.78, 5) is 28.8. The second-order valence-electron chi connectivity index (χ2n) is 7.05. The van der Waals surface area contributed by atoms with Crippen molar-refractivity contribution in [2.24, 2.45) is 0 Å². The Morgan fingerprint density at radius 1 is 0.939 bits per heavy atom. The summed E-state index contributed by atoms with van der Waals surface area (Å²) >= 11 is 0. The van der Waals surface area contributed by atoms with Crippen molar-refractivity contribution >= 4 is 18.0 Å². The molecule has 2 aromatic carbocycles. The zero-order valence-corrected chi connectivity index (χ0v) is 19.0. The highest BCUT2D eigenvalue weighted by atomic mass is 16.6. The number of aryl methyl sites for hydroxylation is 1. The SMILES string of the molecule is CCOC(=O)C(=Cc1ccc(OCCc2nc(-c3ccccc3)oc2C)cc1)C(=O)OCC. The van der Waals surface area contributed by atoms with Crippen LogP contribution in [0.25, 0.3) is 17.5 Å². The van der Waals surface area contributed by atoms with Crippen molar-refractivity contribution in [1.29, 1.82) is 0 Å². The number of carbonyl (C=O) groups excluding carboxylic acids is 2. The molecule has 0 N–H and O–H groups in total. The van der Waals surface area contributed by atoms with E-state index < -0.39 is 11.9 Å². The molecule has 0 fully saturated rings. The summed E-state index contributed by atoms with van der Waals surface area (Å²) in [6, 6.07) is 16.8. The maximum absolute atomic E-state index is 12.1. The maximum Gasteiger partial charge on any atom is 0.345 e. The van der Waals surface area contributed by atoms with Gasteiger partial charge in [-0.05, 0) is 56.7 Å². The number of esters is 2. The number of hydrogen-bond acceptors (Lipinski definition) is 7. The molecule has 0 saturated heterocycles. The Bertz CT molecular complexity index is 1080. The standard InChI is InChI=1S/C26H27NO6/c1-4-30-25(28)22(26(29)31-5-2)17-19-11-13-21(14-12-19)32-16-15-23-18(3)33-24(27-23)20-9-7-6-8-10-20/h6-14,17H,4-5,15-16H2,1-3H3. The van der Waals surface area contributed by atoms with Crippen LogP contribution in [0.15, 0.2) is 64.6 Å². The molecule has 0 aliphatic heterocycles. The molecule has 7 nitrogen and oxygen atoms in total. The Balaban J connectivity index is 1.61. The minimum Gasteiger partial charge on any atom is -0.493 e. The summed E-state index contributed by atoms with van der Waals surface area (Å²) in [6.07, 6.45) is 2.04. The molecule has 0 bridgehead atoms. The topological polar surface area (TPSA) is 87.9 Å². The molecular weight excluding hydrogens is 422 g/mol. The quantitative estimate of drug-likeness (QED) is 0.190. The summed E-state index contributed by atoms with van der Waals surface area (Å²) in [5.74, 6) is 0.593. The number of rotatable bonds is 10. The molecule has 0 aliphatic rings. The van der Waals surface area contributed by atoms with Crippen LogP contribution in [0, 0.1) is 6.92 Å². The van der Waals surface area contributed by atoms with Crippen molar-refractivity contribution < 1.29 is 28.2 Å². The normalized spacial score (nSPS) is 10.4. The van der Waals surface area contributed by atoms with E-state index in [0.29, 0.717) is 30.2 Å². The van der Waals surface area contributed by atoms with Crippen LogP contribution in [0.1, 0.15) is 30.9 Å². The zero-order chi connectivity index (χ0) is 23.6. The van der Waals surface area contributed by atoms with E-state index in [1.165, 1.54) is 6.08 Å². The maximum atomic E-state index is 12.1. The van der Waals surface area contributed by atoms with Crippen LogP contribution in [0.5, 0.6) is 5.75 Å². The van der Waals surface area contributed by atoms with E-state index in [9.17, 15) is 9.59 Å². The van der Waals surface area contributed by atoms with E-state index in [2.05, 4.69) is 4.98 Å². The van der Waals surface area contributed by atoms with Crippen LogP contribution in [-0.2, 0) is 25.5 Å². The summed E-state index contributed by atoms with van der Waals surface area (Å²) < 4.78 is 21.5. The second-order valence-corrected chi connectivity index (χ2v) is 7.05. The lowest BCUT2D eigenvalue weighted by Gasteiger charge is -2.08. The summed E-state index contributed by atoms with van der Waals surface area (Å²) in [7, 11) is 0. The number of oxazole rings is 1. The lowest BCUT2D eigenvalue weighted by Crippen LogP contribution is -2.18. The Morgan fingerprint density at radius 3 is 2.18 bits per heavy atom. The largest absolute Gasteiger partial charge is 0.493 e. The number of carbonyl (C=O) groups is 2. The molecule has 1 aromatic heterocycles. The molecule has 7 heteroatoms. The minimum atomic E-state index is -0.714. The first kappa shape index (κ1) is 23.8. The van der Waals surface area contributed by atoms with Gasteiger partial charge in [-0.2, -0.15) is 0 Å². The van der Waals surface area contributed by atoms with Crippen LogP contribution in [0.2, 0.25) is 0 Å². The summed E-state index contributed by atoms with van der Waals surface area (Å²) in [5, 5.41) is 0. The Morgan fingerprint density at radius 2 is 1.58 bits per heavy atom. The van der Waals surface area contributed by atoms with Crippen LogP contribution in [0.4, 0.5) is 0 Å². The Hall–Kier alpha value is -3.87. The van der Waals surface area contributed by atoms with Crippen molar-refractivity contribution in [3.05, 3.63) is 77.2 Å². The number of hydrogen-bond donors (Lipinski definition) is 0. The fourth-order valence-electron chi connectivity index (χ4n) is 3.08. The van der Waals surface area contributed by atoms with Crippen molar-refractivity contribution in [3.63, 3.8) is 0 Å². The Labute approximate surface area is 193 Å². The van der Waals surface area contributed by atoms with Crippen molar-refractivity contribution in [2.75, 3.05) is 19.8 Å². The van der Waals surface area contributed by atoms with Gasteiger partial charge in [0.15, 0.2) is 0 Å². The highest BCUT2D eigenvalue weighted by Crippen LogP contribution is 2.22. The number of nitrogens with zero attached hydrogens (tertiary/aromatic N) is 1. The predicted octanol–water partition coefficient (Wildman–Crippen LogP) is 4.78. The zero-order valence-electron chi connectivity index (χ0n) is 19.0. The van der Waals surface area contributed by atoms with Gasteiger partial charge in [-0.3, -0.25) is 0 Å². The van der Waals surface area contributed by atoms with E-state index in [1.807, 2.05) is 37.3 Å². The smallest absolute Gasteiger partial charge is 0.345 e. The van der Waals surface area contributed by atoms with E-state index in [4.69, 9.17) is 18.6 Å². The first-order valence-electron chi connectivity index (χ1n) is 10.8. The predicted molar refractivity (Wildman–Crippen MR) is 124 cm³/mol. The van der Waals surface area contributed by atoms with Crippen molar-refractivity contribution in [3.8, 4) is 17.2 Å². The molecule has 33 heavy (non-hydrogen) atoms. The van der Waals surface area contributed by atoms with Crippen LogP contribution < -0.4 is 4.74 Å². The molecule has 0 amide bonds. The molecule has 0 radical (unpaired) electrons. The van der Waals surface area contributed by atoms with Gasteiger partial charge in [-0.25, -0.2) is 14.6 Å². The molecule has 172 valence electrons. The average Bonchev–Trinajstić information content (AvgIpc) is 3.19. The molecule has 0 saturated carbocycles. The van der Waals surface area contributed by atoms with Crippen LogP contribution >= 0.6 is 0 Å². The third-order valence-electron chi connectivity index (χ3n) is 4.70. The lowest BCUT2D eigenvalue weighted by molar-refractivity contribution is -0.146. The number of ether oxygens (including phenoxy) is 3. The fourth-order valence-corrected chi connectivity index (χ4v) is 3.08. The molecule has 3 rings (SSSR count). The number of benzene rings is 2. The van der Waals surface area contributed by atoms with Gasteiger partial charge in [-0.1, -0.05) is 30.3 Å². The lowest BCUT2D eigenvalue weighted by atomic mass is 10.1.